The minimum Gasteiger partial charge on any atom is -0.389 e. The number of anilines is 1. The molecule has 1 aliphatic heterocycles. The third-order valence-electron chi connectivity index (χ3n) is 3.04. The molecule has 1 N–H and O–H groups in total. The molecule has 0 aromatic heterocycles. The molecular formula is C13H18FNOS. The number of aliphatic hydroxyl groups is 1. The van der Waals surface area contributed by atoms with Crippen LogP contribution in [0.3, 0.4) is 0 Å². The maximum Gasteiger partial charge on any atom is 0.146 e. The molecule has 2 nitrogen and oxygen atoms in total. The quantitative estimate of drug-likeness (QED) is 0.879. The van der Waals surface area contributed by atoms with Crippen molar-refractivity contribution in [3.8, 4) is 0 Å². The van der Waals surface area contributed by atoms with E-state index in [1.54, 1.807) is 19.1 Å². The smallest absolute Gasteiger partial charge is 0.146 e. The summed E-state index contributed by atoms with van der Waals surface area (Å²) in [5.41, 5.74) is 1.28. The molecule has 1 aliphatic rings. The van der Waals surface area contributed by atoms with Crippen molar-refractivity contribution in [2.75, 3.05) is 23.7 Å². The first-order valence-electron chi connectivity index (χ1n) is 5.92. The van der Waals surface area contributed by atoms with Crippen molar-refractivity contribution in [3.63, 3.8) is 0 Å². The molecule has 2 rings (SSSR count). The van der Waals surface area contributed by atoms with E-state index in [1.165, 1.54) is 6.07 Å². The van der Waals surface area contributed by atoms with Gasteiger partial charge in [-0.3, -0.25) is 0 Å². The molecule has 1 heterocycles. The molecule has 4 heteroatoms. The van der Waals surface area contributed by atoms with Gasteiger partial charge in [0.1, 0.15) is 5.82 Å². The van der Waals surface area contributed by atoms with Crippen LogP contribution in [0.5, 0.6) is 0 Å². The molecule has 1 fully saturated rings. The first kappa shape index (κ1) is 12.7. The maximum atomic E-state index is 14.0. The average Bonchev–Trinajstić information content (AvgIpc) is 2.28. The topological polar surface area (TPSA) is 23.5 Å². The molecule has 0 aliphatic carbocycles. The SMILES string of the molecule is CC1CN(c2ccc(C(C)O)cc2F)CCS1. The highest BCUT2D eigenvalue weighted by Gasteiger charge is 2.19. The van der Waals surface area contributed by atoms with E-state index in [-0.39, 0.29) is 5.82 Å². The van der Waals surface area contributed by atoms with E-state index in [4.69, 9.17) is 0 Å². The molecular weight excluding hydrogens is 237 g/mol. The molecule has 2 atom stereocenters. The van der Waals surface area contributed by atoms with Crippen LogP contribution >= 0.6 is 11.8 Å². The van der Waals surface area contributed by atoms with Crippen LogP contribution in [0.2, 0.25) is 0 Å². The third kappa shape index (κ3) is 2.93. The van der Waals surface area contributed by atoms with Gasteiger partial charge in [0.05, 0.1) is 11.8 Å². The fraction of sp³-hybridized carbons (Fsp3) is 0.538. The summed E-state index contributed by atoms with van der Waals surface area (Å²) in [5, 5.41) is 9.95. The summed E-state index contributed by atoms with van der Waals surface area (Å²) in [6.45, 7) is 5.59. The highest BCUT2D eigenvalue weighted by molar-refractivity contribution is 8.00. The molecule has 0 amide bonds. The van der Waals surface area contributed by atoms with Gasteiger partial charge >= 0.3 is 0 Å². The van der Waals surface area contributed by atoms with E-state index >= 15 is 0 Å². The van der Waals surface area contributed by atoms with E-state index < -0.39 is 6.10 Å². The van der Waals surface area contributed by atoms with Crippen LogP contribution in [0.1, 0.15) is 25.5 Å². The van der Waals surface area contributed by atoms with Crippen molar-refractivity contribution >= 4 is 17.4 Å². The van der Waals surface area contributed by atoms with E-state index in [0.29, 0.717) is 16.5 Å². The lowest BCUT2D eigenvalue weighted by Crippen LogP contribution is -2.37. The van der Waals surface area contributed by atoms with Gasteiger partial charge in [0, 0.05) is 24.1 Å². The van der Waals surface area contributed by atoms with Crippen molar-refractivity contribution in [3.05, 3.63) is 29.6 Å². The van der Waals surface area contributed by atoms with Crippen molar-refractivity contribution in [2.45, 2.75) is 25.2 Å². The number of hydrogen-bond donors (Lipinski definition) is 1. The van der Waals surface area contributed by atoms with E-state index in [0.717, 1.165) is 18.8 Å². The Morgan fingerprint density at radius 1 is 1.53 bits per heavy atom. The molecule has 94 valence electrons. The molecule has 1 saturated heterocycles. The number of hydrogen-bond acceptors (Lipinski definition) is 3. The van der Waals surface area contributed by atoms with Crippen molar-refractivity contribution in [1.29, 1.82) is 0 Å². The van der Waals surface area contributed by atoms with E-state index in [9.17, 15) is 9.50 Å². The Kier molecular flexibility index (Phi) is 3.94. The number of rotatable bonds is 2. The Balaban J connectivity index is 2.21. The maximum absolute atomic E-state index is 14.0. The molecule has 0 bridgehead atoms. The Labute approximate surface area is 106 Å². The number of thioether (sulfide) groups is 1. The predicted molar refractivity (Wildman–Crippen MR) is 71.2 cm³/mol. The fourth-order valence-electron chi connectivity index (χ4n) is 2.08. The molecule has 0 spiro atoms. The minimum atomic E-state index is -0.616. The van der Waals surface area contributed by atoms with Gasteiger partial charge in [-0.25, -0.2) is 4.39 Å². The minimum absolute atomic E-state index is 0.234. The van der Waals surface area contributed by atoms with Gasteiger partial charge < -0.3 is 10.0 Å². The fourth-order valence-corrected chi connectivity index (χ4v) is 3.09. The van der Waals surface area contributed by atoms with Gasteiger partial charge in [-0.15, -0.1) is 0 Å². The number of benzene rings is 1. The van der Waals surface area contributed by atoms with Crippen LogP contribution in [-0.2, 0) is 0 Å². The van der Waals surface area contributed by atoms with Gasteiger partial charge in [-0.05, 0) is 24.6 Å². The summed E-state index contributed by atoms with van der Waals surface area (Å²) in [6, 6.07) is 5.02. The molecule has 0 radical (unpaired) electrons. The standard InChI is InChI=1S/C13H18FNOS/c1-9-8-15(5-6-17-9)13-4-3-11(10(2)16)7-12(13)14/h3-4,7,9-10,16H,5-6,8H2,1-2H3. The number of halogens is 1. The lowest BCUT2D eigenvalue weighted by Gasteiger charge is -2.32. The number of aliphatic hydroxyl groups excluding tert-OH is 1. The van der Waals surface area contributed by atoms with E-state index in [1.807, 2.05) is 11.8 Å². The van der Waals surface area contributed by atoms with Gasteiger partial charge in [0.15, 0.2) is 0 Å². The Bertz CT molecular complexity index is 397. The van der Waals surface area contributed by atoms with Gasteiger partial charge in [0.2, 0.25) is 0 Å². The monoisotopic (exact) mass is 255 g/mol. The molecule has 1 aromatic carbocycles. The number of nitrogens with zero attached hydrogens (tertiary/aromatic N) is 1. The first-order chi connectivity index (χ1) is 8.08. The van der Waals surface area contributed by atoms with Gasteiger partial charge in [-0.2, -0.15) is 11.8 Å². The van der Waals surface area contributed by atoms with Crippen molar-refractivity contribution < 1.29 is 9.50 Å². The Morgan fingerprint density at radius 2 is 2.29 bits per heavy atom. The van der Waals surface area contributed by atoms with E-state index in [2.05, 4.69) is 11.8 Å². The van der Waals surface area contributed by atoms with Crippen LogP contribution < -0.4 is 4.90 Å². The molecule has 1 aromatic rings. The van der Waals surface area contributed by atoms with Crippen LogP contribution in [0.4, 0.5) is 10.1 Å². The first-order valence-corrected chi connectivity index (χ1v) is 6.97. The van der Waals surface area contributed by atoms with Crippen molar-refractivity contribution in [1.82, 2.24) is 0 Å². The summed E-state index contributed by atoms with van der Waals surface area (Å²) >= 11 is 1.93. The second kappa shape index (κ2) is 5.27. The largest absolute Gasteiger partial charge is 0.389 e. The highest BCUT2D eigenvalue weighted by atomic mass is 32.2. The molecule has 17 heavy (non-hydrogen) atoms. The third-order valence-corrected chi connectivity index (χ3v) is 4.17. The lowest BCUT2D eigenvalue weighted by atomic mass is 10.1. The van der Waals surface area contributed by atoms with Crippen LogP contribution in [0, 0.1) is 5.82 Å². The summed E-state index contributed by atoms with van der Waals surface area (Å²) in [6.07, 6.45) is -0.616. The predicted octanol–water partition coefficient (Wildman–Crippen LogP) is 2.82. The summed E-state index contributed by atoms with van der Waals surface area (Å²) in [4.78, 5) is 2.09. The van der Waals surface area contributed by atoms with Crippen LogP contribution in [0.25, 0.3) is 0 Å². The molecule has 2 unspecified atom stereocenters. The summed E-state index contributed by atoms with van der Waals surface area (Å²) in [5.74, 6) is 0.807. The average molecular weight is 255 g/mol. The zero-order valence-corrected chi connectivity index (χ0v) is 11.0. The second-order valence-electron chi connectivity index (χ2n) is 4.51. The zero-order chi connectivity index (χ0) is 12.4. The summed E-state index contributed by atoms with van der Waals surface area (Å²) < 4.78 is 14.0. The normalized spacial score (nSPS) is 22.6. The van der Waals surface area contributed by atoms with Crippen LogP contribution in [0.15, 0.2) is 18.2 Å². The van der Waals surface area contributed by atoms with Gasteiger partial charge in [-0.1, -0.05) is 13.0 Å². The summed E-state index contributed by atoms with van der Waals surface area (Å²) in [7, 11) is 0. The Hall–Kier alpha value is -0.740. The lowest BCUT2D eigenvalue weighted by molar-refractivity contribution is 0.199. The Morgan fingerprint density at radius 3 is 2.88 bits per heavy atom. The van der Waals surface area contributed by atoms with Crippen molar-refractivity contribution in [2.24, 2.45) is 0 Å². The highest BCUT2D eigenvalue weighted by Crippen LogP contribution is 2.27. The zero-order valence-electron chi connectivity index (χ0n) is 10.2. The van der Waals surface area contributed by atoms with Crippen LogP contribution in [-0.4, -0.2) is 29.2 Å². The second-order valence-corrected chi connectivity index (χ2v) is 6.06. The van der Waals surface area contributed by atoms with Gasteiger partial charge in [0.25, 0.3) is 0 Å². The molecule has 0 saturated carbocycles.